The standard InChI is InChI=1S/C24H17N5O2/c1-14-4-6-15(7-5-14)22-27-23-21-20(16-3-2-10-25-12-16)18-9-8-17(30)11-19(18)31-24(21)26-13-29(23)28-22/h2-13,20,30H,1H3/t20-/m0/s1. The average Bonchev–Trinajstić information content (AvgIpc) is 3.23. The van der Waals surface area contributed by atoms with Crippen LogP contribution in [0.5, 0.6) is 17.4 Å². The number of hydrogen-bond donors (Lipinski definition) is 1. The van der Waals surface area contributed by atoms with Crippen LogP contribution in [0.1, 0.15) is 28.2 Å². The van der Waals surface area contributed by atoms with E-state index in [4.69, 9.17) is 9.72 Å². The van der Waals surface area contributed by atoms with Crippen LogP contribution in [0.3, 0.4) is 0 Å². The number of fused-ring (bicyclic) bond motifs is 4. The molecule has 7 heteroatoms. The van der Waals surface area contributed by atoms with Crippen molar-refractivity contribution in [3.05, 3.63) is 95.6 Å². The third-order valence-electron chi connectivity index (χ3n) is 5.52. The van der Waals surface area contributed by atoms with E-state index in [1.807, 2.05) is 55.6 Å². The molecule has 150 valence electrons. The molecule has 0 fully saturated rings. The third kappa shape index (κ3) is 2.82. The number of aromatic nitrogens is 5. The Kier molecular flexibility index (Phi) is 3.76. The number of rotatable bonds is 2. The van der Waals surface area contributed by atoms with Gasteiger partial charge in [-0.15, -0.1) is 5.10 Å². The van der Waals surface area contributed by atoms with Gasteiger partial charge in [0, 0.05) is 35.5 Å². The lowest BCUT2D eigenvalue weighted by molar-refractivity contribution is 0.422. The maximum atomic E-state index is 9.97. The number of ether oxygens (including phenoxy) is 1. The van der Waals surface area contributed by atoms with Crippen LogP contribution in [0.2, 0.25) is 0 Å². The van der Waals surface area contributed by atoms with E-state index in [9.17, 15) is 5.11 Å². The Morgan fingerprint density at radius 3 is 2.74 bits per heavy atom. The van der Waals surface area contributed by atoms with E-state index >= 15 is 0 Å². The Bertz CT molecular complexity index is 1430. The SMILES string of the molecule is Cc1ccc(-c2nc3c4c(ncn3n2)Oc2cc(O)ccc2[C@@H]4c2cccnc2)cc1. The predicted molar refractivity (Wildman–Crippen MR) is 114 cm³/mol. The van der Waals surface area contributed by atoms with Crippen LogP contribution in [0, 0.1) is 6.92 Å². The van der Waals surface area contributed by atoms with Crippen molar-refractivity contribution in [1.29, 1.82) is 0 Å². The van der Waals surface area contributed by atoms with E-state index in [0.29, 0.717) is 23.1 Å². The van der Waals surface area contributed by atoms with Crippen molar-refractivity contribution in [2.24, 2.45) is 0 Å². The lowest BCUT2D eigenvalue weighted by Crippen LogP contribution is -2.15. The largest absolute Gasteiger partial charge is 0.508 e. The number of phenols is 1. The van der Waals surface area contributed by atoms with Crippen LogP contribution in [0.15, 0.2) is 73.3 Å². The summed E-state index contributed by atoms with van der Waals surface area (Å²) in [6, 6.07) is 17.2. The van der Waals surface area contributed by atoms with Gasteiger partial charge in [0.15, 0.2) is 11.5 Å². The van der Waals surface area contributed by atoms with Gasteiger partial charge in [-0.3, -0.25) is 4.98 Å². The maximum Gasteiger partial charge on any atom is 0.228 e. The summed E-state index contributed by atoms with van der Waals surface area (Å²) in [5.74, 6) is 1.56. The Balaban J connectivity index is 1.61. The first kappa shape index (κ1) is 17.6. The topological polar surface area (TPSA) is 85.4 Å². The quantitative estimate of drug-likeness (QED) is 0.455. The molecule has 0 spiro atoms. The van der Waals surface area contributed by atoms with Crippen molar-refractivity contribution in [3.63, 3.8) is 0 Å². The summed E-state index contributed by atoms with van der Waals surface area (Å²) in [6.07, 6.45) is 5.18. The molecule has 1 aliphatic rings. The van der Waals surface area contributed by atoms with Crippen molar-refractivity contribution in [3.8, 4) is 28.8 Å². The highest BCUT2D eigenvalue weighted by molar-refractivity contribution is 5.68. The molecule has 0 radical (unpaired) electrons. The second-order valence-electron chi connectivity index (χ2n) is 7.58. The molecule has 4 heterocycles. The number of nitrogens with zero attached hydrogens (tertiary/aromatic N) is 5. The van der Waals surface area contributed by atoms with Gasteiger partial charge in [0.25, 0.3) is 0 Å². The van der Waals surface area contributed by atoms with E-state index in [1.165, 1.54) is 5.56 Å². The number of benzene rings is 2. The molecule has 5 aromatic rings. The Morgan fingerprint density at radius 1 is 1.06 bits per heavy atom. The van der Waals surface area contributed by atoms with Gasteiger partial charge in [-0.05, 0) is 24.6 Å². The average molecular weight is 407 g/mol. The van der Waals surface area contributed by atoms with Gasteiger partial charge < -0.3 is 9.84 Å². The van der Waals surface area contributed by atoms with Crippen LogP contribution >= 0.6 is 0 Å². The molecule has 7 nitrogen and oxygen atoms in total. The molecule has 0 bridgehead atoms. The molecule has 0 saturated carbocycles. The van der Waals surface area contributed by atoms with Crippen LogP contribution < -0.4 is 4.74 Å². The number of aryl methyl sites for hydroxylation is 1. The number of pyridine rings is 1. The van der Waals surface area contributed by atoms with Gasteiger partial charge in [0.2, 0.25) is 5.88 Å². The Morgan fingerprint density at radius 2 is 1.94 bits per heavy atom. The fourth-order valence-corrected chi connectivity index (χ4v) is 4.02. The Hall–Kier alpha value is -4.26. The molecule has 0 saturated heterocycles. The lowest BCUT2D eigenvalue weighted by Gasteiger charge is -2.27. The number of hydrogen-bond acceptors (Lipinski definition) is 6. The minimum atomic E-state index is -0.209. The summed E-state index contributed by atoms with van der Waals surface area (Å²) < 4.78 is 7.76. The molecule has 0 aliphatic carbocycles. The van der Waals surface area contributed by atoms with Crippen LogP contribution in [0.25, 0.3) is 17.0 Å². The second-order valence-corrected chi connectivity index (χ2v) is 7.58. The zero-order valence-electron chi connectivity index (χ0n) is 16.6. The van der Waals surface area contributed by atoms with Gasteiger partial charge in [0.1, 0.15) is 17.8 Å². The van der Waals surface area contributed by atoms with Crippen molar-refractivity contribution < 1.29 is 9.84 Å². The molecular formula is C24H17N5O2. The van der Waals surface area contributed by atoms with Gasteiger partial charge in [0.05, 0.1) is 5.56 Å². The highest BCUT2D eigenvalue weighted by Crippen LogP contribution is 2.48. The zero-order valence-corrected chi connectivity index (χ0v) is 16.6. The van der Waals surface area contributed by atoms with E-state index in [2.05, 4.69) is 15.1 Å². The van der Waals surface area contributed by atoms with E-state index < -0.39 is 0 Å². The second kappa shape index (κ2) is 6.63. The van der Waals surface area contributed by atoms with Gasteiger partial charge >= 0.3 is 0 Å². The summed E-state index contributed by atoms with van der Waals surface area (Å²) in [5, 5.41) is 14.6. The molecule has 1 atom stereocenters. The molecule has 0 unspecified atom stereocenters. The van der Waals surface area contributed by atoms with E-state index in [-0.39, 0.29) is 11.7 Å². The minimum Gasteiger partial charge on any atom is -0.508 e. The molecule has 2 aromatic carbocycles. The molecule has 6 rings (SSSR count). The van der Waals surface area contributed by atoms with Gasteiger partial charge in [-0.2, -0.15) is 0 Å². The molecule has 0 amide bonds. The summed E-state index contributed by atoms with van der Waals surface area (Å²) in [6.45, 7) is 2.05. The van der Waals surface area contributed by atoms with Crippen molar-refractivity contribution in [2.75, 3.05) is 0 Å². The number of aromatic hydroxyl groups is 1. The first-order valence-corrected chi connectivity index (χ1v) is 9.90. The predicted octanol–water partition coefficient (Wildman–Crippen LogP) is 4.49. The maximum absolute atomic E-state index is 9.97. The molecule has 3 aromatic heterocycles. The summed E-state index contributed by atoms with van der Waals surface area (Å²) >= 11 is 0. The molecule has 31 heavy (non-hydrogen) atoms. The van der Waals surface area contributed by atoms with Crippen LogP contribution in [0.4, 0.5) is 0 Å². The Labute approximate surface area is 177 Å². The van der Waals surface area contributed by atoms with Crippen LogP contribution in [-0.2, 0) is 0 Å². The highest BCUT2D eigenvalue weighted by atomic mass is 16.5. The summed E-state index contributed by atoms with van der Waals surface area (Å²) in [5.41, 5.74) is 5.49. The first-order chi connectivity index (χ1) is 15.2. The summed E-state index contributed by atoms with van der Waals surface area (Å²) in [4.78, 5) is 13.7. The molecule has 1 N–H and O–H groups in total. The third-order valence-corrected chi connectivity index (χ3v) is 5.52. The fraction of sp³-hybridized carbons (Fsp3) is 0.0833. The molecule has 1 aliphatic heterocycles. The smallest absolute Gasteiger partial charge is 0.228 e. The van der Waals surface area contributed by atoms with Crippen LogP contribution in [-0.4, -0.2) is 29.7 Å². The highest BCUT2D eigenvalue weighted by Gasteiger charge is 2.33. The first-order valence-electron chi connectivity index (χ1n) is 9.90. The van der Waals surface area contributed by atoms with Crippen molar-refractivity contribution >= 4 is 5.65 Å². The zero-order chi connectivity index (χ0) is 20.9. The summed E-state index contributed by atoms with van der Waals surface area (Å²) in [7, 11) is 0. The monoisotopic (exact) mass is 407 g/mol. The van der Waals surface area contributed by atoms with Crippen molar-refractivity contribution in [2.45, 2.75) is 12.8 Å². The van der Waals surface area contributed by atoms with Gasteiger partial charge in [-0.1, -0.05) is 42.0 Å². The van der Waals surface area contributed by atoms with E-state index in [1.54, 1.807) is 29.2 Å². The normalized spacial score (nSPS) is 14.7. The molecular weight excluding hydrogens is 390 g/mol. The minimum absolute atomic E-state index is 0.136. The lowest BCUT2D eigenvalue weighted by atomic mass is 9.84. The number of phenolic OH excluding ortho intramolecular Hbond substituents is 1. The fourth-order valence-electron chi connectivity index (χ4n) is 4.02. The van der Waals surface area contributed by atoms with Gasteiger partial charge in [-0.25, -0.2) is 14.5 Å². The van der Waals surface area contributed by atoms with Crippen molar-refractivity contribution in [1.82, 2.24) is 24.6 Å². The van der Waals surface area contributed by atoms with E-state index in [0.717, 1.165) is 22.3 Å².